The van der Waals surface area contributed by atoms with Crippen LogP contribution in [0.2, 0.25) is 5.02 Å². The topological polar surface area (TPSA) is 55.5 Å². The van der Waals surface area contributed by atoms with Crippen LogP contribution in [0.5, 0.6) is 5.75 Å². The molecule has 0 saturated carbocycles. The minimum absolute atomic E-state index is 0.0173. The summed E-state index contributed by atoms with van der Waals surface area (Å²) in [4.78, 5) is 0. The molecule has 0 aliphatic heterocycles. The fraction of sp³-hybridized carbons (Fsp3) is 0.500. The second kappa shape index (κ2) is 6.09. The number of halogens is 1. The van der Waals surface area contributed by atoms with Crippen LogP contribution in [0.3, 0.4) is 0 Å². The van der Waals surface area contributed by atoms with Crippen LogP contribution >= 0.6 is 11.6 Å². The second-order valence-electron chi connectivity index (χ2n) is 3.87. The summed E-state index contributed by atoms with van der Waals surface area (Å²) in [5.41, 5.74) is 6.60. The maximum Gasteiger partial charge on any atom is 0.123 e. The largest absolute Gasteiger partial charge is 0.496 e. The zero-order valence-corrected chi connectivity index (χ0v) is 10.4. The highest BCUT2D eigenvalue weighted by atomic mass is 35.5. The first-order valence-electron chi connectivity index (χ1n) is 5.30. The van der Waals surface area contributed by atoms with Crippen molar-refractivity contribution in [3.63, 3.8) is 0 Å². The van der Waals surface area contributed by atoms with E-state index in [9.17, 15) is 5.11 Å². The zero-order valence-electron chi connectivity index (χ0n) is 9.61. The van der Waals surface area contributed by atoms with E-state index in [2.05, 4.69) is 0 Å². The predicted octanol–water partition coefficient (Wildman–Crippen LogP) is 2.16. The molecule has 2 atom stereocenters. The van der Waals surface area contributed by atoms with Crippen LogP contribution in [0.15, 0.2) is 18.2 Å². The van der Waals surface area contributed by atoms with Crippen LogP contribution in [-0.2, 0) is 0 Å². The van der Waals surface area contributed by atoms with Gasteiger partial charge in [-0.3, -0.25) is 0 Å². The maximum absolute atomic E-state index is 9.43. The number of hydrogen-bond donors (Lipinski definition) is 2. The molecule has 0 saturated heterocycles. The summed E-state index contributed by atoms with van der Waals surface area (Å²) >= 11 is 6.15. The van der Waals surface area contributed by atoms with E-state index in [1.165, 1.54) is 0 Å². The van der Waals surface area contributed by atoms with Crippen molar-refractivity contribution in [2.45, 2.75) is 25.4 Å². The normalized spacial score (nSPS) is 14.6. The standard InChI is InChI=1S/C12H18ClNO2/c1-8(15)6-9(7-14)12-10(13)4-3-5-11(12)16-2/h3-5,8-9,15H,6-7,14H2,1-2H3. The summed E-state index contributed by atoms with van der Waals surface area (Å²) in [5.74, 6) is 0.743. The Morgan fingerprint density at radius 1 is 1.50 bits per heavy atom. The Hall–Kier alpha value is -0.770. The SMILES string of the molecule is COc1cccc(Cl)c1C(CN)CC(C)O. The van der Waals surface area contributed by atoms with Crippen LogP contribution in [0.4, 0.5) is 0 Å². The first-order chi connectivity index (χ1) is 7.60. The van der Waals surface area contributed by atoms with E-state index in [4.69, 9.17) is 22.1 Å². The summed E-state index contributed by atoms with van der Waals surface area (Å²) < 4.78 is 5.27. The zero-order chi connectivity index (χ0) is 12.1. The van der Waals surface area contributed by atoms with Crippen LogP contribution in [0.25, 0.3) is 0 Å². The highest BCUT2D eigenvalue weighted by molar-refractivity contribution is 6.31. The van der Waals surface area contributed by atoms with Crippen molar-refractivity contribution in [2.24, 2.45) is 5.73 Å². The lowest BCUT2D eigenvalue weighted by molar-refractivity contribution is 0.174. The van der Waals surface area contributed by atoms with Gasteiger partial charge in [0.2, 0.25) is 0 Å². The van der Waals surface area contributed by atoms with E-state index in [1.807, 2.05) is 18.2 Å². The van der Waals surface area contributed by atoms with Crippen molar-refractivity contribution in [1.29, 1.82) is 0 Å². The summed E-state index contributed by atoms with van der Waals surface area (Å²) in [6, 6.07) is 5.50. The van der Waals surface area contributed by atoms with Gasteiger partial charge in [0.1, 0.15) is 5.75 Å². The van der Waals surface area contributed by atoms with Crippen LogP contribution in [0.1, 0.15) is 24.8 Å². The van der Waals surface area contributed by atoms with Crippen LogP contribution < -0.4 is 10.5 Å². The van der Waals surface area contributed by atoms with Gasteiger partial charge in [0, 0.05) is 16.5 Å². The van der Waals surface area contributed by atoms with Gasteiger partial charge in [0.05, 0.1) is 13.2 Å². The summed E-state index contributed by atoms with van der Waals surface area (Å²) in [6.07, 6.45) is 0.172. The molecule has 0 amide bonds. The fourth-order valence-corrected chi connectivity index (χ4v) is 2.16. The van der Waals surface area contributed by atoms with Gasteiger partial charge in [-0.1, -0.05) is 17.7 Å². The maximum atomic E-state index is 9.43. The molecule has 2 unspecified atom stereocenters. The molecule has 1 rings (SSSR count). The molecule has 0 aliphatic rings. The Morgan fingerprint density at radius 3 is 2.69 bits per heavy atom. The first-order valence-corrected chi connectivity index (χ1v) is 5.68. The lowest BCUT2D eigenvalue weighted by Gasteiger charge is -2.20. The number of aliphatic hydroxyl groups excluding tert-OH is 1. The van der Waals surface area contributed by atoms with Crippen LogP contribution in [-0.4, -0.2) is 24.9 Å². The molecule has 0 heterocycles. The van der Waals surface area contributed by atoms with Crippen molar-refractivity contribution >= 4 is 11.6 Å². The van der Waals surface area contributed by atoms with E-state index in [0.717, 1.165) is 11.3 Å². The second-order valence-corrected chi connectivity index (χ2v) is 4.28. The molecule has 0 fully saturated rings. The lowest BCUT2D eigenvalue weighted by Crippen LogP contribution is -2.18. The molecule has 1 aromatic carbocycles. The van der Waals surface area contributed by atoms with E-state index in [-0.39, 0.29) is 5.92 Å². The van der Waals surface area contributed by atoms with Crippen molar-refractivity contribution in [2.75, 3.05) is 13.7 Å². The van der Waals surface area contributed by atoms with E-state index < -0.39 is 6.10 Å². The molecule has 0 bridgehead atoms. The highest BCUT2D eigenvalue weighted by Gasteiger charge is 2.19. The third kappa shape index (κ3) is 3.11. The van der Waals surface area contributed by atoms with Gasteiger partial charge in [-0.05, 0) is 32.0 Å². The average molecular weight is 244 g/mol. The van der Waals surface area contributed by atoms with Crippen molar-refractivity contribution in [3.05, 3.63) is 28.8 Å². The molecule has 3 nitrogen and oxygen atoms in total. The van der Waals surface area contributed by atoms with Gasteiger partial charge < -0.3 is 15.6 Å². The smallest absolute Gasteiger partial charge is 0.123 e. The Balaban J connectivity index is 3.07. The Kier molecular flexibility index (Phi) is 5.06. The number of ether oxygens (including phenoxy) is 1. The number of rotatable bonds is 5. The number of benzene rings is 1. The molecule has 90 valence electrons. The molecule has 4 heteroatoms. The molecular formula is C12H18ClNO2. The summed E-state index contributed by atoms with van der Waals surface area (Å²) in [5, 5.41) is 10.1. The number of aliphatic hydroxyl groups is 1. The van der Waals surface area contributed by atoms with Crippen molar-refractivity contribution in [3.8, 4) is 5.75 Å². The van der Waals surface area contributed by atoms with Gasteiger partial charge in [0.15, 0.2) is 0 Å². The van der Waals surface area contributed by atoms with Gasteiger partial charge in [0.25, 0.3) is 0 Å². The summed E-state index contributed by atoms with van der Waals surface area (Å²) in [7, 11) is 1.60. The summed E-state index contributed by atoms with van der Waals surface area (Å²) in [6.45, 7) is 2.18. The number of methoxy groups -OCH3 is 1. The minimum Gasteiger partial charge on any atom is -0.496 e. The minimum atomic E-state index is -0.408. The molecule has 3 N–H and O–H groups in total. The van der Waals surface area contributed by atoms with Crippen molar-refractivity contribution < 1.29 is 9.84 Å². The third-order valence-electron chi connectivity index (χ3n) is 2.55. The number of hydrogen-bond acceptors (Lipinski definition) is 3. The Labute approximate surface area is 101 Å². The predicted molar refractivity (Wildman–Crippen MR) is 66.1 cm³/mol. The molecule has 0 spiro atoms. The Bertz CT molecular complexity index is 342. The van der Waals surface area contributed by atoms with Gasteiger partial charge in [-0.25, -0.2) is 0 Å². The lowest BCUT2D eigenvalue weighted by atomic mass is 9.92. The van der Waals surface area contributed by atoms with E-state index in [0.29, 0.717) is 18.0 Å². The molecule has 0 aliphatic carbocycles. The quantitative estimate of drug-likeness (QED) is 0.833. The van der Waals surface area contributed by atoms with E-state index >= 15 is 0 Å². The molecule has 16 heavy (non-hydrogen) atoms. The van der Waals surface area contributed by atoms with Gasteiger partial charge in [-0.2, -0.15) is 0 Å². The van der Waals surface area contributed by atoms with E-state index in [1.54, 1.807) is 14.0 Å². The molecule has 1 aromatic rings. The highest BCUT2D eigenvalue weighted by Crippen LogP contribution is 2.35. The average Bonchev–Trinajstić information content (AvgIpc) is 2.25. The Morgan fingerprint density at radius 2 is 2.19 bits per heavy atom. The molecule has 0 radical (unpaired) electrons. The molecular weight excluding hydrogens is 226 g/mol. The van der Waals surface area contributed by atoms with Crippen molar-refractivity contribution in [1.82, 2.24) is 0 Å². The monoisotopic (exact) mass is 243 g/mol. The fourth-order valence-electron chi connectivity index (χ4n) is 1.84. The molecule has 0 aromatic heterocycles. The van der Waals surface area contributed by atoms with Crippen LogP contribution in [0, 0.1) is 0 Å². The van der Waals surface area contributed by atoms with Gasteiger partial charge >= 0.3 is 0 Å². The third-order valence-corrected chi connectivity index (χ3v) is 2.88. The van der Waals surface area contributed by atoms with Gasteiger partial charge in [-0.15, -0.1) is 0 Å². The first kappa shape index (κ1) is 13.3. The number of nitrogens with two attached hydrogens (primary N) is 1.